The van der Waals surface area contributed by atoms with Crippen molar-refractivity contribution < 1.29 is 25.5 Å². The Kier molecular flexibility index (Phi) is 13.3. The Bertz CT molecular complexity index is 1120. The van der Waals surface area contributed by atoms with Gasteiger partial charge in [0.25, 0.3) is 0 Å². The molecule has 3 aliphatic rings. The molecule has 0 bridgehead atoms. The average molecular weight is 625 g/mol. The van der Waals surface area contributed by atoms with Crippen molar-refractivity contribution in [3.8, 4) is 0 Å². The van der Waals surface area contributed by atoms with Crippen molar-refractivity contribution in [2.75, 3.05) is 0 Å². The lowest BCUT2D eigenvalue weighted by Crippen LogP contribution is -2.59. The van der Waals surface area contributed by atoms with Crippen LogP contribution < -0.4 is 0 Å². The van der Waals surface area contributed by atoms with Crippen LogP contribution in [0.1, 0.15) is 119 Å². The molecule has 0 spiro atoms. The smallest absolute Gasteiger partial charge is 0.123 e. The van der Waals surface area contributed by atoms with Gasteiger partial charge in [0.05, 0.1) is 23.4 Å². The fourth-order valence-corrected chi connectivity index (χ4v) is 8.44. The van der Waals surface area contributed by atoms with E-state index < -0.39 is 34.9 Å². The van der Waals surface area contributed by atoms with Crippen LogP contribution in [-0.4, -0.2) is 54.5 Å². The van der Waals surface area contributed by atoms with E-state index in [1.165, 1.54) is 31.3 Å². The van der Waals surface area contributed by atoms with Crippen LogP contribution in [0.5, 0.6) is 0 Å². The molecule has 5 nitrogen and oxygen atoms in total. The van der Waals surface area contributed by atoms with Gasteiger partial charge >= 0.3 is 0 Å². The summed E-state index contributed by atoms with van der Waals surface area (Å²) in [7, 11) is 0. The first-order valence-corrected chi connectivity index (χ1v) is 17.9. The SMILES string of the molecule is CCC(O)(/C=C/C=C/[C@@H](C)[C@H]1CC[C@H]2/C(=C\C=C3C[C@@H](O)C(O)([C@H](C)/C=C/C=C/C(O)(CC)CC)[C@H](O)C3)CCC[C@]12C)CC. The van der Waals surface area contributed by atoms with Gasteiger partial charge in [0, 0.05) is 5.92 Å². The van der Waals surface area contributed by atoms with Gasteiger partial charge in [-0.2, -0.15) is 0 Å². The van der Waals surface area contributed by atoms with Crippen molar-refractivity contribution in [3.63, 3.8) is 0 Å². The molecule has 0 aliphatic heterocycles. The molecule has 0 unspecified atom stereocenters. The highest BCUT2D eigenvalue weighted by Crippen LogP contribution is 2.59. The molecule has 5 N–H and O–H groups in total. The molecule has 7 atom stereocenters. The minimum Gasteiger partial charge on any atom is -0.390 e. The van der Waals surface area contributed by atoms with Crippen LogP contribution in [0.25, 0.3) is 0 Å². The molecule has 3 aliphatic carbocycles. The van der Waals surface area contributed by atoms with Gasteiger partial charge in [-0.15, -0.1) is 0 Å². The molecule has 3 fully saturated rings. The Labute approximate surface area is 274 Å². The third kappa shape index (κ3) is 8.59. The normalized spacial score (nSPS) is 34.0. The second kappa shape index (κ2) is 15.9. The molecule has 0 amide bonds. The molecule has 3 rings (SSSR count). The molecule has 0 radical (unpaired) electrons. The van der Waals surface area contributed by atoms with Crippen LogP contribution in [-0.2, 0) is 0 Å². The van der Waals surface area contributed by atoms with Crippen LogP contribution in [0, 0.1) is 29.1 Å². The Morgan fingerprint density at radius 3 is 1.87 bits per heavy atom. The molecule has 3 saturated carbocycles. The van der Waals surface area contributed by atoms with Crippen molar-refractivity contribution >= 4 is 0 Å². The highest BCUT2D eigenvalue weighted by atomic mass is 16.4. The maximum atomic E-state index is 11.5. The van der Waals surface area contributed by atoms with Crippen LogP contribution in [0.3, 0.4) is 0 Å². The average Bonchev–Trinajstić information content (AvgIpc) is 3.39. The fourth-order valence-electron chi connectivity index (χ4n) is 8.44. The number of allylic oxidation sites excluding steroid dienone is 8. The molecule has 254 valence electrons. The molecule has 0 aromatic rings. The Hall–Kier alpha value is -1.76. The Morgan fingerprint density at radius 2 is 1.33 bits per heavy atom. The van der Waals surface area contributed by atoms with Crippen molar-refractivity contribution in [3.05, 3.63) is 71.9 Å². The molecular weight excluding hydrogens is 560 g/mol. The van der Waals surface area contributed by atoms with Crippen LogP contribution in [0.15, 0.2) is 71.9 Å². The summed E-state index contributed by atoms with van der Waals surface area (Å²) in [6, 6.07) is 0. The van der Waals surface area contributed by atoms with E-state index in [9.17, 15) is 25.5 Å². The van der Waals surface area contributed by atoms with Gasteiger partial charge < -0.3 is 25.5 Å². The fraction of sp³-hybridized carbons (Fsp3) is 0.700. The minimum atomic E-state index is -1.63. The monoisotopic (exact) mass is 624 g/mol. The molecule has 0 saturated heterocycles. The summed E-state index contributed by atoms with van der Waals surface area (Å²) >= 11 is 0. The van der Waals surface area contributed by atoms with Gasteiger partial charge in [-0.3, -0.25) is 0 Å². The quantitative estimate of drug-likeness (QED) is 0.134. The standard InChI is InChI=1S/C40H64O5/c1-8-38(43,9-2)25-14-12-17-29(5)33-22-23-34-32(19-16-24-37(33,34)7)21-20-31-27-35(41)40(45,36(42)28-31)30(6)18-13-15-26-39(44,10-3)11-4/h12-15,17-18,20-21,25-26,29-30,33-36,41-45H,8-11,16,19,22-24,27-28H2,1-7H3/b17-12+,18-13+,25-14+,26-15+,31-20?,32-21-/t29-,30-,33-,34+,35-,36-,37-,40?/m1/s1. The zero-order valence-corrected chi connectivity index (χ0v) is 29.3. The van der Waals surface area contributed by atoms with Crippen molar-refractivity contribution in [2.24, 2.45) is 29.1 Å². The van der Waals surface area contributed by atoms with E-state index in [-0.39, 0.29) is 5.41 Å². The van der Waals surface area contributed by atoms with Gasteiger partial charge in [-0.1, -0.05) is 120 Å². The summed E-state index contributed by atoms with van der Waals surface area (Å²) in [5.74, 6) is 1.14. The Morgan fingerprint density at radius 1 is 0.800 bits per heavy atom. The second-order valence-electron chi connectivity index (χ2n) is 14.7. The van der Waals surface area contributed by atoms with E-state index in [1.807, 2.05) is 46.8 Å². The van der Waals surface area contributed by atoms with Gasteiger partial charge in [-0.05, 0) is 93.8 Å². The molecule has 0 aromatic carbocycles. The maximum Gasteiger partial charge on any atom is 0.123 e. The molecule has 0 aromatic heterocycles. The van der Waals surface area contributed by atoms with E-state index >= 15 is 0 Å². The zero-order valence-electron chi connectivity index (χ0n) is 29.3. The molecule has 0 heterocycles. The molecule has 45 heavy (non-hydrogen) atoms. The first-order chi connectivity index (χ1) is 21.2. The minimum absolute atomic E-state index is 0.246. The van der Waals surface area contributed by atoms with Gasteiger partial charge in [0.2, 0.25) is 0 Å². The highest BCUT2D eigenvalue weighted by Gasteiger charge is 2.51. The summed E-state index contributed by atoms with van der Waals surface area (Å²) in [5.41, 5.74) is -0.491. The van der Waals surface area contributed by atoms with E-state index in [2.05, 4.69) is 38.2 Å². The van der Waals surface area contributed by atoms with E-state index in [4.69, 9.17) is 0 Å². The third-order valence-electron chi connectivity index (χ3n) is 12.2. The largest absolute Gasteiger partial charge is 0.390 e. The number of hydrogen-bond donors (Lipinski definition) is 5. The summed E-state index contributed by atoms with van der Waals surface area (Å²) in [6.45, 7) is 14.6. The lowest BCUT2D eigenvalue weighted by atomic mass is 9.61. The predicted octanol–water partition coefficient (Wildman–Crippen LogP) is 7.90. The highest BCUT2D eigenvalue weighted by molar-refractivity contribution is 5.28. The van der Waals surface area contributed by atoms with E-state index in [1.54, 1.807) is 24.3 Å². The van der Waals surface area contributed by atoms with Crippen molar-refractivity contribution in [1.82, 2.24) is 0 Å². The number of aliphatic hydroxyl groups excluding tert-OH is 2. The van der Waals surface area contributed by atoms with Crippen LogP contribution in [0.2, 0.25) is 0 Å². The predicted molar refractivity (Wildman–Crippen MR) is 186 cm³/mol. The van der Waals surface area contributed by atoms with Crippen LogP contribution in [0.4, 0.5) is 0 Å². The second-order valence-corrected chi connectivity index (χ2v) is 14.7. The summed E-state index contributed by atoms with van der Waals surface area (Å²) in [5, 5.41) is 54.7. The third-order valence-corrected chi connectivity index (χ3v) is 12.2. The number of fused-ring (bicyclic) bond motifs is 1. The molecule has 5 heteroatoms. The topological polar surface area (TPSA) is 101 Å². The summed E-state index contributed by atoms with van der Waals surface area (Å²) in [4.78, 5) is 0. The van der Waals surface area contributed by atoms with Gasteiger partial charge in [0.15, 0.2) is 0 Å². The van der Waals surface area contributed by atoms with Crippen LogP contribution >= 0.6 is 0 Å². The Balaban J connectivity index is 1.68. The van der Waals surface area contributed by atoms with E-state index in [0.29, 0.717) is 43.4 Å². The van der Waals surface area contributed by atoms with E-state index in [0.717, 1.165) is 24.8 Å². The molecular formula is C40H64O5. The van der Waals surface area contributed by atoms with Crippen molar-refractivity contribution in [1.29, 1.82) is 0 Å². The first-order valence-electron chi connectivity index (χ1n) is 17.9. The number of hydrogen-bond acceptors (Lipinski definition) is 5. The lowest BCUT2D eigenvalue weighted by Gasteiger charge is -2.45. The lowest BCUT2D eigenvalue weighted by molar-refractivity contribution is -0.175. The zero-order chi connectivity index (χ0) is 33.5. The maximum absolute atomic E-state index is 11.5. The summed E-state index contributed by atoms with van der Waals surface area (Å²) < 4.78 is 0. The summed E-state index contributed by atoms with van der Waals surface area (Å²) in [6.07, 6.45) is 27.0. The van der Waals surface area contributed by atoms with Gasteiger partial charge in [-0.25, -0.2) is 0 Å². The number of aliphatic hydroxyl groups is 5. The van der Waals surface area contributed by atoms with Gasteiger partial charge in [0.1, 0.15) is 5.60 Å². The first kappa shape index (κ1) is 37.7. The number of rotatable bonds is 13. The van der Waals surface area contributed by atoms with Crippen molar-refractivity contribution in [2.45, 2.75) is 148 Å².